The number of hydrogen-bond acceptors (Lipinski definition) is 4. The molecule has 0 saturated carbocycles. The molecule has 0 aliphatic rings. The zero-order chi connectivity index (χ0) is 15.1. The van der Waals surface area contributed by atoms with Crippen molar-refractivity contribution in [3.63, 3.8) is 0 Å². The van der Waals surface area contributed by atoms with E-state index in [9.17, 15) is 14.4 Å². The molecule has 0 bridgehead atoms. The first-order chi connectivity index (χ1) is 9.49. The molecule has 1 aromatic carbocycles. The molecule has 6 nitrogen and oxygen atoms in total. The normalized spacial score (nSPS) is 9.90. The van der Waals surface area contributed by atoms with E-state index in [1.807, 2.05) is 6.92 Å². The van der Waals surface area contributed by atoms with Crippen LogP contribution in [-0.2, 0) is 9.53 Å². The zero-order valence-corrected chi connectivity index (χ0v) is 11.6. The molecular weight excluding hydrogens is 260 g/mol. The first-order valence-corrected chi connectivity index (χ1v) is 6.25. The van der Waals surface area contributed by atoms with Gasteiger partial charge < -0.3 is 15.4 Å². The van der Waals surface area contributed by atoms with Crippen LogP contribution in [-0.4, -0.2) is 42.9 Å². The highest BCUT2D eigenvalue weighted by Crippen LogP contribution is 2.08. The number of nitrogens with zero attached hydrogens (tertiary/aromatic N) is 1. The topological polar surface area (TPSA) is 89.7 Å². The van der Waals surface area contributed by atoms with Gasteiger partial charge in [-0.2, -0.15) is 0 Å². The van der Waals surface area contributed by atoms with E-state index >= 15 is 0 Å². The zero-order valence-electron chi connectivity index (χ0n) is 11.6. The monoisotopic (exact) mass is 278 g/mol. The van der Waals surface area contributed by atoms with Gasteiger partial charge >= 0.3 is 5.97 Å². The highest BCUT2D eigenvalue weighted by atomic mass is 16.5. The van der Waals surface area contributed by atoms with E-state index < -0.39 is 5.91 Å². The summed E-state index contributed by atoms with van der Waals surface area (Å²) < 4.78 is 4.54. The van der Waals surface area contributed by atoms with Gasteiger partial charge in [0.2, 0.25) is 5.91 Å². The van der Waals surface area contributed by atoms with E-state index in [1.54, 1.807) is 12.1 Å². The Morgan fingerprint density at radius 2 is 1.70 bits per heavy atom. The maximum Gasteiger partial charge on any atom is 0.307 e. The van der Waals surface area contributed by atoms with E-state index in [-0.39, 0.29) is 18.3 Å². The number of benzene rings is 1. The second-order valence-electron chi connectivity index (χ2n) is 4.15. The van der Waals surface area contributed by atoms with Crippen LogP contribution in [0.2, 0.25) is 0 Å². The Bertz CT molecular complexity index is 496. The second kappa shape index (κ2) is 7.28. The predicted molar refractivity (Wildman–Crippen MR) is 73.2 cm³/mol. The van der Waals surface area contributed by atoms with E-state index in [4.69, 9.17) is 5.73 Å². The Hall–Kier alpha value is -2.37. The Balaban J connectivity index is 2.75. The molecule has 0 aliphatic carbocycles. The summed E-state index contributed by atoms with van der Waals surface area (Å²) in [6, 6.07) is 6.10. The Morgan fingerprint density at radius 1 is 1.15 bits per heavy atom. The molecule has 0 radical (unpaired) electrons. The molecule has 0 atom stereocenters. The summed E-state index contributed by atoms with van der Waals surface area (Å²) in [5.74, 6) is -1.10. The van der Waals surface area contributed by atoms with Crippen LogP contribution in [0.15, 0.2) is 24.3 Å². The van der Waals surface area contributed by atoms with E-state index in [2.05, 4.69) is 4.74 Å². The van der Waals surface area contributed by atoms with E-state index in [1.165, 1.54) is 24.1 Å². The quantitative estimate of drug-likeness (QED) is 0.780. The van der Waals surface area contributed by atoms with Crippen molar-refractivity contribution in [3.8, 4) is 0 Å². The maximum atomic E-state index is 12.2. The molecule has 0 heterocycles. The maximum absolute atomic E-state index is 12.2. The van der Waals surface area contributed by atoms with Crippen molar-refractivity contribution >= 4 is 17.8 Å². The molecule has 20 heavy (non-hydrogen) atoms. The van der Waals surface area contributed by atoms with Crippen molar-refractivity contribution in [1.29, 1.82) is 0 Å². The number of esters is 1. The van der Waals surface area contributed by atoms with Gasteiger partial charge in [-0.25, -0.2) is 0 Å². The van der Waals surface area contributed by atoms with Gasteiger partial charge in [-0.05, 0) is 31.2 Å². The van der Waals surface area contributed by atoms with E-state index in [0.29, 0.717) is 24.2 Å². The molecule has 2 N–H and O–H groups in total. The van der Waals surface area contributed by atoms with Crippen molar-refractivity contribution in [2.75, 3.05) is 20.2 Å². The number of primary amides is 1. The highest BCUT2D eigenvalue weighted by Gasteiger charge is 2.15. The first-order valence-electron chi connectivity index (χ1n) is 6.25. The van der Waals surface area contributed by atoms with Crippen LogP contribution < -0.4 is 5.73 Å². The summed E-state index contributed by atoms with van der Waals surface area (Å²) in [5.41, 5.74) is 5.93. The van der Waals surface area contributed by atoms with Crippen molar-refractivity contribution in [3.05, 3.63) is 35.4 Å². The average Bonchev–Trinajstić information content (AvgIpc) is 2.47. The molecule has 0 saturated heterocycles. The minimum atomic E-state index is -0.540. The molecule has 1 aromatic rings. The summed E-state index contributed by atoms with van der Waals surface area (Å²) in [6.45, 7) is 2.60. The molecule has 0 spiro atoms. The summed E-state index contributed by atoms with van der Waals surface area (Å²) in [5, 5.41) is 0. The van der Waals surface area contributed by atoms with Crippen molar-refractivity contribution in [2.45, 2.75) is 13.3 Å². The Kier molecular flexibility index (Phi) is 5.71. The van der Waals surface area contributed by atoms with Gasteiger partial charge in [-0.1, -0.05) is 0 Å². The summed E-state index contributed by atoms with van der Waals surface area (Å²) in [4.78, 5) is 35.8. The van der Waals surface area contributed by atoms with Crippen LogP contribution in [0.3, 0.4) is 0 Å². The fraction of sp³-hybridized carbons (Fsp3) is 0.357. The van der Waals surface area contributed by atoms with Gasteiger partial charge in [0.15, 0.2) is 0 Å². The number of hydrogen-bond donors (Lipinski definition) is 1. The van der Waals surface area contributed by atoms with Gasteiger partial charge in [-0.3, -0.25) is 14.4 Å². The van der Waals surface area contributed by atoms with Crippen molar-refractivity contribution in [2.24, 2.45) is 5.73 Å². The molecule has 0 fully saturated rings. The third-order valence-corrected chi connectivity index (χ3v) is 2.90. The molecule has 1 rings (SSSR count). The standard InChI is InChI=1S/C14H18N2O4/c1-3-16(9-8-12(17)20-2)14(19)11-6-4-10(5-7-11)13(15)18/h4-7H,3,8-9H2,1-2H3,(H2,15,18). The van der Waals surface area contributed by atoms with Gasteiger partial charge in [0.25, 0.3) is 5.91 Å². The lowest BCUT2D eigenvalue weighted by Crippen LogP contribution is -2.33. The third-order valence-electron chi connectivity index (χ3n) is 2.90. The van der Waals surface area contributed by atoms with Gasteiger partial charge in [0, 0.05) is 24.2 Å². The first kappa shape index (κ1) is 15.7. The Labute approximate surface area is 117 Å². The lowest BCUT2D eigenvalue weighted by atomic mass is 10.1. The Morgan fingerprint density at radius 3 is 2.15 bits per heavy atom. The summed E-state index contributed by atoms with van der Waals surface area (Å²) in [6.07, 6.45) is 0.148. The number of methoxy groups -OCH3 is 1. The number of carbonyl (C=O) groups excluding carboxylic acids is 3. The van der Waals surface area contributed by atoms with Crippen LogP contribution >= 0.6 is 0 Å². The molecule has 0 unspecified atom stereocenters. The number of carbonyl (C=O) groups is 3. The van der Waals surface area contributed by atoms with Crippen LogP contribution in [0.25, 0.3) is 0 Å². The number of nitrogens with two attached hydrogens (primary N) is 1. The highest BCUT2D eigenvalue weighted by molar-refractivity contribution is 5.97. The summed E-state index contributed by atoms with van der Waals surface area (Å²) in [7, 11) is 1.31. The van der Waals surface area contributed by atoms with Crippen LogP contribution in [0.1, 0.15) is 34.1 Å². The van der Waals surface area contributed by atoms with Crippen molar-refractivity contribution < 1.29 is 19.1 Å². The van der Waals surface area contributed by atoms with Crippen LogP contribution in [0.5, 0.6) is 0 Å². The largest absolute Gasteiger partial charge is 0.469 e. The second-order valence-corrected chi connectivity index (χ2v) is 4.15. The molecule has 6 heteroatoms. The SMILES string of the molecule is CCN(CCC(=O)OC)C(=O)c1ccc(C(N)=O)cc1. The van der Waals surface area contributed by atoms with Crippen LogP contribution in [0, 0.1) is 0 Å². The number of rotatable bonds is 6. The molecule has 108 valence electrons. The van der Waals surface area contributed by atoms with Crippen LogP contribution in [0.4, 0.5) is 0 Å². The average molecular weight is 278 g/mol. The molecule has 2 amide bonds. The molecular formula is C14H18N2O4. The van der Waals surface area contributed by atoms with Gasteiger partial charge in [-0.15, -0.1) is 0 Å². The van der Waals surface area contributed by atoms with Crippen molar-refractivity contribution in [1.82, 2.24) is 4.90 Å². The summed E-state index contributed by atoms with van der Waals surface area (Å²) >= 11 is 0. The fourth-order valence-electron chi connectivity index (χ4n) is 1.69. The van der Waals surface area contributed by atoms with Gasteiger partial charge in [0.1, 0.15) is 0 Å². The lowest BCUT2D eigenvalue weighted by Gasteiger charge is -2.20. The fourth-order valence-corrected chi connectivity index (χ4v) is 1.69. The minimum Gasteiger partial charge on any atom is -0.469 e. The minimum absolute atomic E-state index is 0.148. The predicted octanol–water partition coefficient (Wildman–Crippen LogP) is 0.811. The molecule has 0 aliphatic heterocycles. The number of ether oxygens (including phenoxy) is 1. The van der Waals surface area contributed by atoms with Gasteiger partial charge in [0.05, 0.1) is 13.5 Å². The third kappa shape index (κ3) is 4.08. The number of amides is 2. The molecule has 0 aromatic heterocycles. The smallest absolute Gasteiger partial charge is 0.307 e. The lowest BCUT2D eigenvalue weighted by molar-refractivity contribution is -0.140. The van der Waals surface area contributed by atoms with E-state index in [0.717, 1.165) is 0 Å².